The molecule has 22 heavy (non-hydrogen) atoms. The van der Waals surface area contributed by atoms with E-state index in [9.17, 15) is 9.90 Å². The molecule has 3 rings (SSSR count). The van der Waals surface area contributed by atoms with Crippen LogP contribution in [-0.4, -0.2) is 14.2 Å². The maximum atomic E-state index is 12.7. The molecule has 0 bridgehead atoms. The van der Waals surface area contributed by atoms with E-state index in [1.807, 2.05) is 54.6 Å². The number of aliphatic hydroxyl groups is 1. The molecule has 2 aromatic carbocycles. The Balaban J connectivity index is 2.04. The van der Waals surface area contributed by atoms with Crippen LogP contribution in [0.15, 0.2) is 59.4 Å². The van der Waals surface area contributed by atoms with Gasteiger partial charge < -0.3 is 5.11 Å². The minimum Gasteiger partial charge on any atom is -0.387 e. The Morgan fingerprint density at radius 1 is 0.955 bits per heavy atom. The van der Waals surface area contributed by atoms with Crippen molar-refractivity contribution in [2.45, 2.75) is 32.5 Å². The molecule has 0 saturated carbocycles. The van der Waals surface area contributed by atoms with Gasteiger partial charge in [0.15, 0.2) is 0 Å². The number of hydrogen-bond donors (Lipinski definition) is 1. The number of benzene rings is 2. The number of rotatable bonds is 5. The molecule has 0 radical (unpaired) electrons. The van der Waals surface area contributed by atoms with Crippen LogP contribution in [0.4, 0.5) is 0 Å². The Morgan fingerprint density at radius 3 is 2.18 bits per heavy atom. The van der Waals surface area contributed by atoms with Crippen molar-refractivity contribution in [3.8, 4) is 0 Å². The zero-order valence-corrected chi connectivity index (χ0v) is 12.6. The van der Waals surface area contributed by atoms with Crippen molar-refractivity contribution in [1.29, 1.82) is 0 Å². The highest BCUT2D eigenvalue weighted by molar-refractivity contribution is 5.76. The Hall–Kier alpha value is -2.33. The van der Waals surface area contributed by atoms with Crippen LogP contribution in [0.5, 0.6) is 0 Å². The van der Waals surface area contributed by atoms with Gasteiger partial charge in [-0.2, -0.15) is 0 Å². The summed E-state index contributed by atoms with van der Waals surface area (Å²) >= 11 is 0. The predicted octanol–water partition coefficient (Wildman–Crippen LogP) is 2.95. The Bertz CT molecular complexity index is 818. The Labute approximate surface area is 129 Å². The molecular weight excluding hydrogens is 276 g/mol. The second-order valence-corrected chi connectivity index (χ2v) is 5.46. The monoisotopic (exact) mass is 296 g/mol. The highest BCUT2D eigenvalue weighted by Gasteiger charge is 2.16. The van der Waals surface area contributed by atoms with Gasteiger partial charge >= 0.3 is 5.69 Å². The van der Waals surface area contributed by atoms with Crippen LogP contribution in [-0.2, 0) is 13.1 Å². The van der Waals surface area contributed by atoms with Gasteiger partial charge in [-0.25, -0.2) is 4.79 Å². The zero-order valence-electron chi connectivity index (χ0n) is 12.6. The van der Waals surface area contributed by atoms with E-state index >= 15 is 0 Å². The summed E-state index contributed by atoms with van der Waals surface area (Å²) in [4.78, 5) is 12.7. The fourth-order valence-electron chi connectivity index (χ4n) is 2.84. The first-order chi connectivity index (χ1) is 10.7. The first-order valence-corrected chi connectivity index (χ1v) is 7.63. The van der Waals surface area contributed by atoms with E-state index in [2.05, 4.69) is 6.92 Å². The molecule has 0 aliphatic rings. The second-order valence-electron chi connectivity index (χ2n) is 5.46. The molecular formula is C18H20N2O2. The topological polar surface area (TPSA) is 47.2 Å². The summed E-state index contributed by atoms with van der Waals surface area (Å²) in [7, 11) is 0. The van der Waals surface area contributed by atoms with E-state index < -0.39 is 6.10 Å². The number of aliphatic hydroxyl groups excluding tert-OH is 1. The molecule has 0 fully saturated rings. The van der Waals surface area contributed by atoms with E-state index in [0.717, 1.165) is 23.0 Å². The highest BCUT2D eigenvalue weighted by Crippen LogP contribution is 2.18. The van der Waals surface area contributed by atoms with Gasteiger partial charge in [0.1, 0.15) is 0 Å². The van der Waals surface area contributed by atoms with Crippen LogP contribution in [0.3, 0.4) is 0 Å². The molecule has 0 spiro atoms. The fourth-order valence-corrected chi connectivity index (χ4v) is 2.84. The van der Waals surface area contributed by atoms with Gasteiger partial charge in [-0.05, 0) is 24.1 Å². The van der Waals surface area contributed by atoms with Crippen LogP contribution in [0, 0.1) is 0 Å². The number of aryl methyl sites for hydroxylation is 1. The molecule has 3 aromatic rings. The summed E-state index contributed by atoms with van der Waals surface area (Å²) in [6, 6.07) is 17.2. The molecule has 1 unspecified atom stereocenters. The Morgan fingerprint density at radius 2 is 1.55 bits per heavy atom. The molecule has 0 saturated heterocycles. The summed E-state index contributed by atoms with van der Waals surface area (Å²) in [6.45, 7) is 3.01. The minimum atomic E-state index is -0.695. The van der Waals surface area contributed by atoms with Crippen molar-refractivity contribution in [2.24, 2.45) is 0 Å². The van der Waals surface area contributed by atoms with Crippen LogP contribution < -0.4 is 5.69 Å². The number of para-hydroxylation sites is 2. The summed E-state index contributed by atoms with van der Waals surface area (Å²) in [5.74, 6) is 0. The third-order valence-corrected chi connectivity index (χ3v) is 3.91. The Kier molecular flexibility index (Phi) is 4.11. The lowest BCUT2D eigenvalue weighted by Gasteiger charge is -2.11. The van der Waals surface area contributed by atoms with E-state index in [-0.39, 0.29) is 12.2 Å². The third kappa shape index (κ3) is 2.57. The molecule has 1 heterocycles. The average Bonchev–Trinajstić information content (AvgIpc) is 2.82. The normalized spacial score (nSPS) is 12.6. The van der Waals surface area contributed by atoms with Crippen LogP contribution >= 0.6 is 0 Å². The van der Waals surface area contributed by atoms with Gasteiger partial charge in [-0.1, -0.05) is 49.4 Å². The summed E-state index contributed by atoms with van der Waals surface area (Å²) in [5, 5.41) is 10.4. The first-order valence-electron chi connectivity index (χ1n) is 7.63. The lowest BCUT2D eigenvalue weighted by molar-refractivity contribution is 0.156. The van der Waals surface area contributed by atoms with Gasteiger partial charge in [0.05, 0.1) is 23.7 Å². The van der Waals surface area contributed by atoms with Gasteiger partial charge in [-0.15, -0.1) is 0 Å². The van der Waals surface area contributed by atoms with Crippen LogP contribution in [0.2, 0.25) is 0 Å². The quantitative estimate of drug-likeness (QED) is 0.787. The maximum absolute atomic E-state index is 12.7. The molecule has 0 aliphatic carbocycles. The van der Waals surface area contributed by atoms with E-state index in [1.165, 1.54) is 0 Å². The molecule has 1 atom stereocenters. The SMILES string of the molecule is CCCn1c(=O)n(CC(O)c2ccccc2)c2ccccc21. The van der Waals surface area contributed by atoms with Crippen LogP contribution in [0.25, 0.3) is 11.0 Å². The van der Waals surface area contributed by atoms with Crippen molar-refractivity contribution in [3.63, 3.8) is 0 Å². The van der Waals surface area contributed by atoms with Crippen LogP contribution in [0.1, 0.15) is 25.0 Å². The minimum absolute atomic E-state index is 0.0574. The lowest BCUT2D eigenvalue weighted by atomic mass is 10.1. The largest absolute Gasteiger partial charge is 0.387 e. The van der Waals surface area contributed by atoms with Crippen molar-refractivity contribution in [2.75, 3.05) is 0 Å². The molecule has 0 amide bonds. The van der Waals surface area contributed by atoms with Gasteiger partial charge in [-0.3, -0.25) is 9.13 Å². The summed E-state index contributed by atoms with van der Waals surface area (Å²) < 4.78 is 3.45. The lowest BCUT2D eigenvalue weighted by Crippen LogP contribution is -2.26. The number of nitrogens with zero attached hydrogens (tertiary/aromatic N) is 2. The summed E-state index contributed by atoms with van der Waals surface area (Å²) in [5.41, 5.74) is 2.56. The fraction of sp³-hybridized carbons (Fsp3) is 0.278. The van der Waals surface area contributed by atoms with E-state index in [4.69, 9.17) is 0 Å². The molecule has 1 N–H and O–H groups in total. The first kappa shape index (κ1) is 14.6. The molecule has 4 nitrogen and oxygen atoms in total. The predicted molar refractivity (Wildman–Crippen MR) is 87.9 cm³/mol. The highest BCUT2D eigenvalue weighted by atomic mass is 16.3. The smallest absolute Gasteiger partial charge is 0.329 e. The van der Waals surface area contributed by atoms with Gasteiger partial charge in [0, 0.05) is 6.54 Å². The number of aromatic nitrogens is 2. The van der Waals surface area contributed by atoms with Crippen molar-refractivity contribution < 1.29 is 5.11 Å². The van der Waals surface area contributed by atoms with E-state index in [0.29, 0.717) is 6.54 Å². The molecule has 4 heteroatoms. The van der Waals surface area contributed by atoms with Gasteiger partial charge in [0.2, 0.25) is 0 Å². The van der Waals surface area contributed by atoms with E-state index in [1.54, 1.807) is 9.13 Å². The maximum Gasteiger partial charge on any atom is 0.329 e. The third-order valence-electron chi connectivity index (χ3n) is 3.91. The zero-order chi connectivity index (χ0) is 15.5. The number of imidazole rings is 1. The van der Waals surface area contributed by atoms with Crippen molar-refractivity contribution in [3.05, 3.63) is 70.6 Å². The standard InChI is InChI=1S/C18H20N2O2/c1-2-12-19-15-10-6-7-11-16(15)20(18(19)22)13-17(21)14-8-4-3-5-9-14/h3-11,17,21H,2,12-13H2,1H3. The van der Waals surface area contributed by atoms with Crippen molar-refractivity contribution >= 4 is 11.0 Å². The average molecular weight is 296 g/mol. The molecule has 1 aromatic heterocycles. The molecule has 114 valence electrons. The van der Waals surface area contributed by atoms with Gasteiger partial charge in [0.25, 0.3) is 0 Å². The second kappa shape index (κ2) is 6.20. The molecule has 0 aliphatic heterocycles. The summed E-state index contributed by atoms with van der Waals surface area (Å²) in [6.07, 6.45) is 0.203. The number of fused-ring (bicyclic) bond motifs is 1. The number of hydrogen-bond acceptors (Lipinski definition) is 2. The van der Waals surface area contributed by atoms with Crippen molar-refractivity contribution in [1.82, 2.24) is 9.13 Å².